The smallest absolute Gasteiger partial charge is 0.257 e. The molecule has 2 N–H and O–H groups in total. The van der Waals surface area contributed by atoms with E-state index in [9.17, 15) is 4.79 Å². The molecule has 1 aliphatic rings. The lowest BCUT2D eigenvalue weighted by molar-refractivity contribution is 0.102. The number of halogens is 1. The third-order valence-corrected chi connectivity index (χ3v) is 5.50. The van der Waals surface area contributed by atoms with Gasteiger partial charge in [0, 0.05) is 29.7 Å². The van der Waals surface area contributed by atoms with E-state index in [1.54, 1.807) is 0 Å². The van der Waals surface area contributed by atoms with Crippen LogP contribution in [-0.4, -0.2) is 17.0 Å². The molecule has 0 spiro atoms. The Morgan fingerprint density at radius 3 is 2.56 bits per heavy atom. The highest BCUT2D eigenvalue weighted by atomic mass is 35.5. The fourth-order valence-corrected chi connectivity index (χ4v) is 4.15. The van der Waals surface area contributed by atoms with Crippen LogP contribution >= 0.6 is 12.4 Å². The number of nitrogens with one attached hydrogen (secondary N) is 2. The summed E-state index contributed by atoms with van der Waals surface area (Å²) in [6.45, 7) is 7.96. The second-order valence-corrected chi connectivity index (χ2v) is 7.34. The van der Waals surface area contributed by atoms with Gasteiger partial charge in [0.2, 0.25) is 0 Å². The minimum Gasteiger partial charge on any atom is -0.345 e. The van der Waals surface area contributed by atoms with Gasteiger partial charge in [-0.3, -0.25) is 4.79 Å². The van der Waals surface area contributed by atoms with Crippen molar-refractivity contribution in [1.29, 1.82) is 0 Å². The SMILES string of the molecule is CCNCc1ccccc1NC(=O)c1cc(C)n(C2CCCCC2)c1C.Cl. The Morgan fingerprint density at radius 2 is 1.85 bits per heavy atom. The van der Waals surface area contributed by atoms with Crippen LogP contribution in [0.4, 0.5) is 5.69 Å². The molecule has 2 aromatic rings. The Hall–Kier alpha value is -1.78. The van der Waals surface area contributed by atoms with Crippen molar-refractivity contribution in [2.24, 2.45) is 0 Å². The van der Waals surface area contributed by atoms with E-state index in [0.29, 0.717) is 6.04 Å². The van der Waals surface area contributed by atoms with Crippen LogP contribution in [0.3, 0.4) is 0 Å². The van der Waals surface area contributed by atoms with Gasteiger partial charge in [0.1, 0.15) is 0 Å². The predicted molar refractivity (Wildman–Crippen MR) is 115 cm³/mol. The van der Waals surface area contributed by atoms with E-state index in [-0.39, 0.29) is 18.3 Å². The maximum Gasteiger partial charge on any atom is 0.257 e. The Balaban J connectivity index is 0.00000261. The molecule has 148 valence electrons. The molecule has 1 heterocycles. The van der Waals surface area contributed by atoms with Crippen LogP contribution in [0.2, 0.25) is 0 Å². The van der Waals surface area contributed by atoms with E-state index in [4.69, 9.17) is 0 Å². The molecule has 0 unspecified atom stereocenters. The number of carbonyl (C=O) groups is 1. The molecule has 1 saturated carbocycles. The molecule has 27 heavy (non-hydrogen) atoms. The maximum atomic E-state index is 13.0. The first-order valence-corrected chi connectivity index (χ1v) is 9.90. The van der Waals surface area contributed by atoms with Crippen molar-refractivity contribution >= 4 is 24.0 Å². The van der Waals surface area contributed by atoms with Gasteiger partial charge in [0.15, 0.2) is 0 Å². The van der Waals surface area contributed by atoms with Crippen LogP contribution in [0.15, 0.2) is 30.3 Å². The summed E-state index contributed by atoms with van der Waals surface area (Å²) in [4.78, 5) is 13.0. The van der Waals surface area contributed by atoms with Gasteiger partial charge in [-0.05, 0) is 50.9 Å². The monoisotopic (exact) mass is 389 g/mol. The fourth-order valence-electron chi connectivity index (χ4n) is 4.15. The minimum absolute atomic E-state index is 0. The number of nitrogens with zero attached hydrogens (tertiary/aromatic N) is 1. The Kier molecular flexibility index (Phi) is 7.93. The van der Waals surface area contributed by atoms with Gasteiger partial charge in [-0.15, -0.1) is 12.4 Å². The van der Waals surface area contributed by atoms with E-state index in [0.717, 1.165) is 35.6 Å². The zero-order valence-electron chi connectivity index (χ0n) is 16.7. The average molecular weight is 390 g/mol. The number of rotatable bonds is 6. The molecule has 1 fully saturated rings. The number of hydrogen-bond acceptors (Lipinski definition) is 2. The number of aromatic nitrogens is 1. The van der Waals surface area contributed by atoms with Crippen molar-refractivity contribution in [2.45, 2.75) is 65.5 Å². The lowest BCUT2D eigenvalue weighted by Crippen LogP contribution is -2.19. The first-order valence-electron chi connectivity index (χ1n) is 9.90. The summed E-state index contributed by atoms with van der Waals surface area (Å²) < 4.78 is 2.39. The lowest BCUT2D eigenvalue weighted by Gasteiger charge is -2.26. The molecule has 0 atom stereocenters. The second-order valence-electron chi connectivity index (χ2n) is 7.34. The van der Waals surface area contributed by atoms with Crippen LogP contribution in [0.5, 0.6) is 0 Å². The summed E-state index contributed by atoms with van der Waals surface area (Å²) in [5.74, 6) is -0.0101. The topological polar surface area (TPSA) is 46.1 Å². The van der Waals surface area contributed by atoms with Gasteiger partial charge >= 0.3 is 0 Å². The van der Waals surface area contributed by atoms with Crippen molar-refractivity contribution in [1.82, 2.24) is 9.88 Å². The number of benzene rings is 1. The average Bonchev–Trinajstić information content (AvgIpc) is 2.96. The van der Waals surface area contributed by atoms with Gasteiger partial charge in [-0.1, -0.05) is 44.4 Å². The number of para-hydroxylation sites is 1. The summed E-state index contributed by atoms with van der Waals surface area (Å²) in [6, 6.07) is 10.6. The molecule has 0 saturated heterocycles. The molecule has 0 bridgehead atoms. The number of hydrogen-bond donors (Lipinski definition) is 2. The van der Waals surface area contributed by atoms with Crippen molar-refractivity contribution in [3.05, 3.63) is 52.8 Å². The van der Waals surface area contributed by atoms with E-state index < -0.39 is 0 Å². The van der Waals surface area contributed by atoms with Crippen LogP contribution in [0.1, 0.15) is 72.4 Å². The molecule has 5 heteroatoms. The molecule has 4 nitrogen and oxygen atoms in total. The largest absolute Gasteiger partial charge is 0.345 e. The molecule has 1 aromatic carbocycles. The summed E-state index contributed by atoms with van der Waals surface area (Å²) in [5.41, 5.74) is 5.09. The Labute approximate surface area is 169 Å². The standard InChI is InChI=1S/C22H31N3O.ClH/c1-4-23-15-18-10-8-9-13-21(18)24-22(26)20-14-16(2)25(17(20)3)19-11-6-5-7-12-19;/h8-10,13-14,19,23H,4-7,11-12,15H2,1-3H3,(H,24,26);1H. The Bertz CT molecular complexity index is 763. The van der Waals surface area contributed by atoms with E-state index in [2.05, 4.69) is 42.0 Å². The van der Waals surface area contributed by atoms with Crippen molar-refractivity contribution in [2.75, 3.05) is 11.9 Å². The number of anilines is 1. The zero-order chi connectivity index (χ0) is 18.5. The quantitative estimate of drug-likeness (QED) is 0.695. The van der Waals surface area contributed by atoms with Gasteiger partial charge in [-0.25, -0.2) is 0 Å². The molecule has 0 aliphatic heterocycles. The minimum atomic E-state index is -0.0101. The molecule has 3 rings (SSSR count). The third kappa shape index (κ3) is 4.94. The molecule has 0 radical (unpaired) electrons. The normalized spacial score (nSPS) is 14.6. The van der Waals surface area contributed by atoms with Gasteiger partial charge in [0.25, 0.3) is 5.91 Å². The third-order valence-electron chi connectivity index (χ3n) is 5.50. The van der Waals surface area contributed by atoms with Crippen LogP contribution in [0.25, 0.3) is 0 Å². The van der Waals surface area contributed by atoms with Crippen molar-refractivity contribution < 1.29 is 4.79 Å². The number of aryl methyl sites for hydroxylation is 1. The highest BCUT2D eigenvalue weighted by Crippen LogP contribution is 2.32. The predicted octanol–water partition coefficient (Wildman–Crippen LogP) is 5.39. The van der Waals surface area contributed by atoms with E-state index >= 15 is 0 Å². The first kappa shape index (κ1) is 21.5. The van der Waals surface area contributed by atoms with Crippen molar-refractivity contribution in [3.8, 4) is 0 Å². The van der Waals surface area contributed by atoms with E-state index in [1.807, 2.05) is 24.3 Å². The lowest BCUT2D eigenvalue weighted by atomic mass is 9.95. The van der Waals surface area contributed by atoms with Gasteiger partial charge in [0.05, 0.1) is 5.56 Å². The first-order chi connectivity index (χ1) is 12.6. The summed E-state index contributed by atoms with van der Waals surface area (Å²) in [7, 11) is 0. The highest BCUT2D eigenvalue weighted by molar-refractivity contribution is 6.05. The fraction of sp³-hybridized carbons (Fsp3) is 0.500. The molecule has 1 aliphatic carbocycles. The van der Waals surface area contributed by atoms with Gasteiger partial charge in [-0.2, -0.15) is 0 Å². The summed E-state index contributed by atoms with van der Waals surface area (Å²) in [6.07, 6.45) is 6.37. The second kappa shape index (κ2) is 9.95. The van der Waals surface area contributed by atoms with E-state index in [1.165, 1.54) is 37.8 Å². The number of carbonyl (C=O) groups excluding carboxylic acids is 1. The molecular weight excluding hydrogens is 358 g/mol. The Morgan fingerprint density at radius 1 is 1.15 bits per heavy atom. The molecular formula is C22H32ClN3O. The zero-order valence-corrected chi connectivity index (χ0v) is 17.5. The molecule has 1 aromatic heterocycles. The number of amides is 1. The maximum absolute atomic E-state index is 13.0. The molecule has 1 amide bonds. The van der Waals surface area contributed by atoms with Crippen LogP contribution in [0, 0.1) is 13.8 Å². The summed E-state index contributed by atoms with van der Waals surface area (Å²) in [5, 5.41) is 6.46. The van der Waals surface area contributed by atoms with Crippen LogP contribution < -0.4 is 10.6 Å². The summed E-state index contributed by atoms with van der Waals surface area (Å²) >= 11 is 0. The van der Waals surface area contributed by atoms with Crippen LogP contribution in [-0.2, 0) is 6.54 Å². The van der Waals surface area contributed by atoms with Crippen molar-refractivity contribution in [3.63, 3.8) is 0 Å². The van der Waals surface area contributed by atoms with Gasteiger partial charge < -0.3 is 15.2 Å². The highest BCUT2D eigenvalue weighted by Gasteiger charge is 2.22.